The third kappa shape index (κ3) is 4.22. The number of H-pyrrole nitrogens is 1. The Morgan fingerprint density at radius 2 is 1.83 bits per heavy atom. The Bertz CT molecular complexity index is 980. The van der Waals surface area contributed by atoms with Crippen LogP contribution in [0.15, 0.2) is 48.7 Å². The Hall–Kier alpha value is -2.99. The Morgan fingerprint density at radius 1 is 1.07 bits per heavy atom. The lowest BCUT2D eigenvalue weighted by Crippen LogP contribution is -2.92. The fourth-order valence-electron chi connectivity index (χ4n) is 3.84. The summed E-state index contributed by atoms with van der Waals surface area (Å²) < 4.78 is 11.3. The van der Waals surface area contributed by atoms with Crippen molar-refractivity contribution in [3.05, 3.63) is 59.8 Å². The van der Waals surface area contributed by atoms with Crippen LogP contribution in [0.1, 0.15) is 24.0 Å². The number of aromatic amines is 1. The molecule has 3 aromatic rings. The number of aromatic nitrogens is 1. The molecule has 154 valence electrons. The lowest BCUT2D eigenvalue weighted by Gasteiger charge is -2.22. The van der Waals surface area contributed by atoms with Gasteiger partial charge < -0.3 is 24.7 Å². The van der Waals surface area contributed by atoms with E-state index in [1.807, 2.05) is 31.2 Å². The van der Waals surface area contributed by atoms with Gasteiger partial charge in [0.15, 0.2) is 17.5 Å². The van der Waals surface area contributed by atoms with Crippen molar-refractivity contribution in [1.82, 2.24) is 9.88 Å². The number of quaternary nitrogens is 1. The molecule has 3 rings (SSSR count). The molecule has 0 unspecified atom stereocenters. The minimum Gasteiger partial charge on any atom is -0.493 e. The number of amides is 1. The van der Waals surface area contributed by atoms with E-state index in [2.05, 4.69) is 34.7 Å². The lowest BCUT2D eigenvalue weighted by atomic mass is 9.89. The van der Waals surface area contributed by atoms with Crippen molar-refractivity contribution in [2.45, 2.75) is 18.9 Å². The topological polar surface area (TPSA) is 71.2 Å². The molecule has 29 heavy (non-hydrogen) atoms. The third-order valence-corrected chi connectivity index (χ3v) is 5.36. The predicted octanol–water partition coefficient (Wildman–Crippen LogP) is 2.36. The fourth-order valence-corrected chi connectivity index (χ4v) is 3.84. The molecule has 1 amide bonds. The zero-order valence-electron chi connectivity index (χ0n) is 17.7. The molecule has 1 heterocycles. The minimum atomic E-state index is -0.172. The van der Waals surface area contributed by atoms with Gasteiger partial charge in [-0.15, -0.1) is 0 Å². The second-order valence-corrected chi connectivity index (χ2v) is 7.42. The summed E-state index contributed by atoms with van der Waals surface area (Å²) in [5.74, 6) is 1.55. The van der Waals surface area contributed by atoms with Gasteiger partial charge in [-0.2, -0.15) is 0 Å². The molecule has 0 bridgehead atoms. The Morgan fingerprint density at radius 3 is 2.52 bits per heavy atom. The largest absolute Gasteiger partial charge is 0.493 e. The summed E-state index contributed by atoms with van der Waals surface area (Å²) >= 11 is 0. The van der Waals surface area contributed by atoms with Gasteiger partial charge in [0.05, 0.1) is 26.7 Å². The molecule has 6 heteroatoms. The molecule has 6 nitrogen and oxygen atoms in total. The number of carbonyl (C=O) groups is 1. The van der Waals surface area contributed by atoms with E-state index in [0.717, 1.165) is 16.8 Å². The van der Waals surface area contributed by atoms with Crippen LogP contribution in [0.5, 0.6) is 11.5 Å². The number of rotatable bonds is 8. The number of nitrogens with one attached hydrogen (secondary N) is 1. The molecule has 0 saturated heterocycles. The summed E-state index contributed by atoms with van der Waals surface area (Å²) in [5, 5.41) is 3.26. The third-order valence-electron chi connectivity index (χ3n) is 5.36. The zero-order chi connectivity index (χ0) is 21.0. The zero-order valence-corrected chi connectivity index (χ0v) is 17.7. The molecular formula is C23H30N3O3+. The maximum atomic E-state index is 12.4. The highest BCUT2D eigenvalue weighted by Crippen LogP contribution is 2.39. The summed E-state index contributed by atoms with van der Waals surface area (Å²) in [7, 11) is 6.88. The first-order chi connectivity index (χ1) is 14.0. The molecule has 0 aliphatic heterocycles. The number of hydrogen-bond donors (Lipinski definition) is 2. The SMILES string of the molecule is COc1cccc([C@@H](C[NH2+][C@H](C)C(=O)N(C)C)c2c[nH]c3ccccc23)c1OC. The van der Waals surface area contributed by atoms with Crippen molar-refractivity contribution in [2.75, 3.05) is 34.9 Å². The molecule has 3 N–H and O–H groups in total. The first kappa shape index (κ1) is 20.7. The number of methoxy groups -OCH3 is 2. The van der Waals surface area contributed by atoms with Crippen molar-refractivity contribution in [3.63, 3.8) is 0 Å². The Balaban J connectivity index is 2.04. The van der Waals surface area contributed by atoms with E-state index in [4.69, 9.17) is 9.47 Å². The van der Waals surface area contributed by atoms with Gasteiger partial charge >= 0.3 is 0 Å². The maximum Gasteiger partial charge on any atom is 0.279 e. The van der Waals surface area contributed by atoms with E-state index >= 15 is 0 Å². The molecule has 2 atom stereocenters. The highest BCUT2D eigenvalue weighted by atomic mass is 16.5. The molecule has 0 radical (unpaired) electrons. The lowest BCUT2D eigenvalue weighted by molar-refractivity contribution is -0.675. The fraction of sp³-hybridized carbons (Fsp3) is 0.348. The van der Waals surface area contributed by atoms with Gasteiger partial charge in [-0.05, 0) is 24.6 Å². The summed E-state index contributed by atoms with van der Waals surface area (Å²) in [6.45, 7) is 2.64. The van der Waals surface area contributed by atoms with Gasteiger partial charge in [0.2, 0.25) is 0 Å². The van der Waals surface area contributed by atoms with Gasteiger partial charge in [0.25, 0.3) is 5.91 Å². The number of carbonyl (C=O) groups excluding carboxylic acids is 1. The number of nitrogens with two attached hydrogens (primary N) is 1. The summed E-state index contributed by atoms with van der Waals surface area (Å²) in [5.41, 5.74) is 3.30. The summed E-state index contributed by atoms with van der Waals surface area (Å²) in [6, 6.07) is 14.0. The van der Waals surface area contributed by atoms with E-state index in [1.54, 1.807) is 33.2 Å². The van der Waals surface area contributed by atoms with E-state index < -0.39 is 0 Å². The second kappa shape index (κ2) is 9.01. The Kier molecular flexibility index (Phi) is 6.44. The average molecular weight is 397 g/mol. The molecule has 0 spiro atoms. The van der Waals surface area contributed by atoms with Crippen LogP contribution in [0.25, 0.3) is 10.9 Å². The highest BCUT2D eigenvalue weighted by molar-refractivity contribution is 5.84. The molecular weight excluding hydrogens is 366 g/mol. The van der Waals surface area contributed by atoms with E-state index in [-0.39, 0.29) is 17.9 Å². The van der Waals surface area contributed by atoms with Crippen molar-refractivity contribution in [1.29, 1.82) is 0 Å². The normalized spacial score (nSPS) is 13.1. The average Bonchev–Trinajstić information content (AvgIpc) is 3.16. The number of ether oxygens (including phenoxy) is 2. The molecule has 2 aromatic carbocycles. The molecule has 0 saturated carbocycles. The van der Waals surface area contributed by atoms with Crippen LogP contribution in [0, 0.1) is 0 Å². The highest BCUT2D eigenvalue weighted by Gasteiger charge is 2.27. The van der Waals surface area contributed by atoms with Gasteiger partial charge in [0, 0.05) is 36.8 Å². The smallest absolute Gasteiger partial charge is 0.279 e. The monoisotopic (exact) mass is 396 g/mol. The van der Waals surface area contributed by atoms with E-state index in [1.165, 1.54) is 10.9 Å². The maximum absolute atomic E-state index is 12.4. The summed E-state index contributed by atoms with van der Waals surface area (Å²) in [6.07, 6.45) is 2.06. The van der Waals surface area contributed by atoms with E-state index in [0.29, 0.717) is 12.3 Å². The predicted molar refractivity (Wildman–Crippen MR) is 115 cm³/mol. The Labute approximate surface area is 171 Å². The van der Waals surface area contributed by atoms with Crippen molar-refractivity contribution in [2.24, 2.45) is 0 Å². The van der Waals surface area contributed by atoms with Gasteiger partial charge in [0.1, 0.15) is 0 Å². The number of para-hydroxylation sites is 2. The molecule has 0 aliphatic carbocycles. The van der Waals surface area contributed by atoms with Crippen LogP contribution in [0.4, 0.5) is 0 Å². The number of likely N-dealkylation sites (N-methyl/N-ethyl adjacent to an activating group) is 1. The van der Waals surface area contributed by atoms with Crippen molar-refractivity contribution >= 4 is 16.8 Å². The number of benzene rings is 2. The van der Waals surface area contributed by atoms with Crippen molar-refractivity contribution in [3.8, 4) is 11.5 Å². The molecule has 1 aromatic heterocycles. The summed E-state index contributed by atoms with van der Waals surface area (Å²) in [4.78, 5) is 17.4. The van der Waals surface area contributed by atoms with E-state index in [9.17, 15) is 4.79 Å². The minimum absolute atomic E-state index is 0.0219. The van der Waals surface area contributed by atoms with Gasteiger partial charge in [-0.3, -0.25) is 4.79 Å². The first-order valence-corrected chi connectivity index (χ1v) is 9.79. The second-order valence-electron chi connectivity index (χ2n) is 7.42. The van der Waals surface area contributed by atoms with Crippen LogP contribution in [-0.2, 0) is 4.79 Å². The standard InChI is InChI=1S/C23H29N3O3/c1-15(23(27)26(2)3)24-13-19(17-10-8-12-21(28-4)22(17)29-5)18-14-25-20-11-7-6-9-16(18)20/h6-12,14-15,19,24-25H,13H2,1-5H3/p+1/t15-,19-/m1/s1. The van der Waals surface area contributed by atoms with Crippen LogP contribution in [-0.4, -0.2) is 56.7 Å². The van der Waals surface area contributed by atoms with Gasteiger partial charge in [-0.25, -0.2) is 0 Å². The number of hydrogen-bond acceptors (Lipinski definition) is 3. The van der Waals surface area contributed by atoms with Crippen LogP contribution in [0.3, 0.4) is 0 Å². The van der Waals surface area contributed by atoms with Gasteiger partial charge in [-0.1, -0.05) is 30.3 Å². The molecule has 0 aliphatic rings. The van der Waals surface area contributed by atoms with Crippen LogP contribution >= 0.6 is 0 Å². The quantitative estimate of drug-likeness (QED) is 0.614. The number of fused-ring (bicyclic) bond motifs is 1. The first-order valence-electron chi connectivity index (χ1n) is 9.79. The van der Waals surface area contributed by atoms with Crippen LogP contribution in [0.2, 0.25) is 0 Å². The van der Waals surface area contributed by atoms with Crippen molar-refractivity contribution < 1.29 is 19.6 Å². The van der Waals surface area contributed by atoms with Crippen LogP contribution < -0.4 is 14.8 Å². The number of nitrogens with zero attached hydrogens (tertiary/aromatic N) is 1. The molecule has 0 fully saturated rings.